The molecule has 0 aromatic heterocycles. The first-order valence-electron chi connectivity index (χ1n) is 16.5. The highest BCUT2D eigenvalue weighted by molar-refractivity contribution is 5.76. The summed E-state index contributed by atoms with van der Waals surface area (Å²) in [4.78, 5) is 24.9. The summed E-state index contributed by atoms with van der Waals surface area (Å²) in [5.41, 5.74) is 6.11. The third kappa shape index (κ3) is 10.5. The second-order valence-corrected chi connectivity index (χ2v) is 12.5. The van der Waals surface area contributed by atoms with E-state index in [2.05, 4.69) is 5.32 Å². The van der Waals surface area contributed by atoms with E-state index in [-0.39, 0.29) is 43.3 Å². The molecule has 0 bridgehead atoms. The molecule has 4 aromatic carbocycles. The number of nitrogens with one attached hydrogen (secondary N) is 1. The van der Waals surface area contributed by atoms with Gasteiger partial charge in [-0.2, -0.15) is 0 Å². The first kappa shape index (κ1) is 35.7. The quantitative estimate of drug-likeness (QED) is 0.109. The molecule has 10 nitrogen and oxygen atoms in total. The zero-order chi connectivity index (χ0) is 34.8. The molecule has 258 valence electrons. The van der Waals surface area contributed by atoms with Gasteiger partial charge in [-0.1, -0.05) is 72.8 Å². The molecule has 1 fully saturated rings. The van der Waals surface area contributed by atoms with Gasteiger partial charge in [0.15, 0.2) is 6.29 Å². The Hall–Kier alpha value is -4.58. The van der Waals surface area contributed by atoms with Gasteiger partial charge < -0.3 is 40.1 Å². The number of ether oxygens (including phenoxy) is 2. The van der Waals surface area contributed by atoms with Crippen molar-refractivity contribution in [2.45, 2.75) is 63.4 Å². The number of hydrogen-bond acceptors (Lipinski definition) is 8. The van der Waals surface area contributed by atoms with E-state index in [0.717, 1.165) is 33.4 Å². The molecule has 5 N–H and O–H groups in total. The summed E-state index contributed by atoms with van der Waals surface area (Å²) in [7, 11) is 1.93. The van der Waals surface area contributed by atoms with E-state index in [4.69, 9.17) is 14.6 Å². The third-order valence-corrected chi connectivity index (χ3v) is 8.57. The maximum atomic E-state index is 12.2. The van der Waals surface area contributed by atoms with Crippen LogP contribution in [0.15, 0.2) is 97.1 Å². The molecular formula is C39H44N2O8. The number of aliphatic hydroxyl groups is 2. The zero-order valence-corrected chi connectivity index (χ0v) is 27.6. The number of aromatic hydroxyl groups is 1. The van der Waals surface area contributed by atoms with Crippen LogP contribution in [0.25, 0.3) is 11.1 Å². The first-order valence-corrected chi connectivity index (χ1v) is 16.5. The second-order valence-electron chi connectivity index (χ2n) is 12.5. The van der Waals surface area contributed by atoms with E-state index in [0.29, 0.717) is 38.0 Å². The lowest BCUT2D eigenvalue weighted by Crippen LogP contribution is -2.39. The molecule has 4 aromatic rings. The lowest BCUT2D eigenvalue weighted by molar-refractivity contribution is -0.252. The number of carboxylic acid groups (broad SMARTS) is 1. The highest BCUT2D eigenvalue weighted by atomic mass is 16.7. The normalized spacial score (nSPS) is 18.2. The highest BCUT2D eigenvalue weighted by Crippen LogP contribution is 2.39. The van der Waals surface area contributed by atoms with Crippen molar-refractivity contribution in [3.63, 3.8) is 0 Å². The van der Waals surface area contributed by atoms with Crippen LogP contribution in [0.2, 0.25) is 0 Å². The summed E-state index contributed by atoms with van der Waals surface area (Å²) in [5.74, 6) is -0.992. The number of aliphatic carboxylic acids is 1. The van der Waals surface area contributed by atoms with E-state index in [9.17, 15) is 24.9 Å². The number of nitrogens with zero attached hydrogens (tertiary/aromatic N) is 1. The van der Waals surface area contributed by atoms with E-state index in [1.165, 1.54) is 0 Å². The molecule has 49 heavy (non-hydrogen) atoms. The molecule has 0 spiro atoms. The molecule has 1 saturated heterocycles. The number of carbonyl (C=O) groups is 2. The highest BCUT2D eigenvalue weighted by Gasteiger charge is 2.33. The van der Waals surface area contributed by atoms with Crippen molar-refractivity contribution in [1.29, 1.82) is 0 Å². The number of carboxylic acids is 1. The number of phenols is 1. The maximum absolute atomic E-state index is 12.2. The Morgan fingerprint density at radius 3 is 2.35 bits per heavy atom. The number of amides is 1. The number of likely N-dealkylation sites (N-methyl/N-ethyl adjacent to an activating group) is 1. The summed E-state index contributed by atoms with van der Waals surface area (Å²) in [6, 6.07) is 30.2. The maximum Gasteiger partial charge on any atom is 0.303 e. The Bertz CT molecular complexity index is 1690. The van der Waals surface area contributed by atoms with E-state index < -0.39 is 18.4 Å². The fourth-order valence-electron chi connectivity index (χ4n) is 6.00. The summed E-state index contributed by atoms with van der Waals surface area (Å²) in [5, 5.41) is 41.9. The fraction of sp³-hybridized carbons (Fsp3) is 0.333. The Labute approximate surface area is 286 Å². The van der Waals surface area contributed by atoms with Gasteiger partial charge in [0.2, 0.25) is 5.91 Å². The number of rotatable bonds is 15. The smallest absolute Gasteiger partial charge is 0.303 e. The number of hydrogen-bond donors (Lipinski definition) is 5. The lowest BCUT2D eigenvalue weighted by Gasteiger charge is -2.38. The van der Waals surface area contributed by atoms with Crippen LogP contribution in [0.5, 0.6) is 5.75 Å². The van der Waals surface area contributed by atoms with Crippen LogP contribution in [0, 0.1) is 0 Å². The third-order valence-electron chi connectivity index (χ3n) is 8.57. The monoisotopic (exact) mass is 668 g/mol. The molecule has 1 heterocycles. The summed E-state index contributed by atoms with van der Waals surface area (Å²) in [6.45, 7) is 1.17. The second kappa shape index (κ2) is 17.2. The zero-order valence-electron chi connectivity index (χ0n) is 27.6. The minimum absolute atomic E-state index is 0.0363. The van der Waals surface area contributed by atoms with Crippen molar-refractivity contribution >= 4 is 11.9 Å². The van der Waals surface area contributed by atoms with E-state index >= 15 is 0 Å². The first-order chi connectivity index (χ1) is 23.7. The van der Waals surface area contributed by atoms with Crippen LogP contribution < -0.4 is 5.32 Å². The predicted octanol–water partition coefficient (Wildman–Crippen LogP) is 5.63. The van der Waals surface area contributed by atoms with Gasteiger partial charge >= 0.3 is 5.97 Å². The average molecular weight is 669 g/mol. The van der Waals surface area contributed by atoms with Crippen molar-refractivity contribution in [2.24, 2.45) is 0 Å². The topological polar surface area (TPSA) is 149 Å². The minimum Gasteiger partial charge on any atom is -0.508 e. The molecule has 4 unspecified atom stereocenters. The Kier molecular flexibility index (Phi) is 12.5. The van der Waals surface area contributed by atoms with Crippen molar-refractivity contribution in [2.75, 3.05) is 20.1 Å². The molecule has 1 aliphatic rings. The minimum atomic E-state index is -0.914. The SMILES string of the molecule is CN(CC1CC(c2ccc(CO)cc2)OC(c2cccc(-c3cccc(CNC(=O)CCCC(=O)O)c3)c2)O1)CC(O)c1cccc(O)c1. The van der Waals surface area contributed by atoms with Crippen LogP contribution in [-0.4, -0.2) is 63.4 Å². The summed E-state index contributed by atoms with van der Waals surface area (Å²) in [6.07, 6.45) is -0.938. The molecular weight excluding hydrogens is 624 g/mol. The van der Waals surface area contributed by atoms with Crippen molar-refractivity contribution in [1.82, 2.24) is 10.2 Å². The molecule has 0 radical (unpaired) electrons. The number of carbonyl (C=O) groups excluding carboxylic acids is 1. The Morgan fingerprint density at radius 2 is 1.61 bits per heavy atom. The number of aliphatic hydroxyl groups excluding tert-OH is 2. The molecule has 4 atom stereocenters. The van der Waals surface area contributed by atoms with E-state index in [1.54, 1.807) is 24.3 Å². The van der Waals surface area contributed by atoms with Crippen LogP contribution >= 0.6 is 0 Å². The van der Waals surface area contributed by atoms with Gasteiger partial charge in [-0.25, -0.2) is 0 Å². The molecule has 1 aliphatic heterocycles. The van der Waals surface area contributed by atoms with Gasteiger partial charge in [0, 0.05) is 44.5 Å². The van der Waals surface area contributed by atoms with Gasteiger partial charge in [0.1, 0.15) is 5.75 Å². The number of phenolic OH excluding ortho intramolecular Hbond substituents is 1. The van der Waals surface area contributed by atoms with Crippen molar-refractivity contribution in [3.05, 3.63) is 125 Å². The lowest BCUT2D eigenvalue weighted by atomic mass is 9.98. The van der Waals surface area contributed by atoms with Crippen molar-refractivity contribution in [3.8, 4) is 16.9 Å². The number of benzene rings is 4. The summed E-state index contributed by atoms with van der Waals surface area (Å²) >= 11 is 0. The van der Waals surface area contributed by atoms with Gasteiger partial charge in [0.05, 0.1) is 24.9 Å². The molecule has 5 rings (SSSR count). The predicted molar refractivity (Wildman–Crippen MR) is 184 cm³/mol. The largest absolute Gasteiger partial charge is 0.508 e. The summed E-state index contributed by atoms with van der Waals surface area (Å²) < 4.78 is 13.1. The van der Waals surface area contributed by atoms with Gasteiger partial charge in [-0.05, 0) is 71.1 Å². The van der Waals surface area contributed by atoms with Crippen LogP contribution in [0.3, 0.4) is 0 Å². The van der Waals surface area contributed by atoms with Gasteiger partial charge in [-0.3, -0.25) is 9.59 Å². The van der Waals surface area contributed by atoms with E-state index in [1.807, 2.05) is 84.7 Å². The Morgan fingerprint density at radius 1 is 0.878 bits per heavy atom. The molecule has 10 heteroatoms. The molecule has 0 saturated carbocycles. The molecule has 1 amide bonds. The standard InChI is InChI=1S/C39H44N2O8/c1-41(24-35(44)31-9-4-11-33(43)20-31)23-34-21-36(28-16-14-26(25-42)15-17-28)49-39(48-34)32-10-3-8-30(19-32)29-7-2-6-27(18-29)22-40-37(45)12-5-13-38(46)47/h2-4,6-11,14-20,34-36,39,42-44H,5,12-13,21-25H2,1H3,(H,40,45)(H,46,47). The molecule has 0 aliphatic carbocycles. The van der Waals surface area contributed by atoms with Crippen molar-refractivity contribution < 1.29 is 39.5 Å². The average Bonchev–Trinajstić information content (AvgIpc) is 3.10. The van der Waals surface area contributed by atoms with Gasteiger partial charge in [0.25, 0.3) is 0 Å². The van der Waals surface area contributed by atoms with Crippen LogP contribution in [0.4, 0.5) is 0 Å². The van der Waals surface area contributed by atoms with Gasteiger partial charge in [-0.15, -0.1) is 0 Å². The Balaban J connectivity index is 1.30. The fourth-order valence-corrected chi connectivity index (χ4v) is 6.00. The van der Waals surface area contributed by atoms with Crippen LogP contribution in [0.1, 0.15) is 72.0 Å². The van der Waals surface area contributed by atoms with Crippen LogP contribution in [-0.2, 0) is 32.2 Å².